The smallest absolute Gasteiger partial charge is 0.408 e. The molecule has 0 aliphatic carbocycles. The molecule has 6 nitrogen and oxygen atoms in total. The van der Waals surface area contributed by atoms with E-state index in [0.717, 1.165) is 4.90 Å². The van der Waals surface area contributed by atoms with Crippen molar-refractivity contribution in [3.8, 4) is 0 Å². The number of hydrogen-bond acceptors (Lipinski definition) is 4. The van der Waals surface area contributed by atoms with Gasteiger partial charge in [-0.2, -0.15) is 0 Å². The summed E-state index contributed by atoms with van der Waals surface area (Å²) in [5.74, 6) is -0.904. The fourth-order valence-electron chi connectivity index (χ4n) is 1.49. The van der Waals surface area contributed by atoms with Crippen molar-refractivity contribution in [2.45, 2.75) is 33.2 Å². The Morgan fingerprint density at radius 3 is 2.53 bits per heavy atom. The Kier molecular flexibility index (Phi) is 3.75. The topological polar surface area (TPSA) is 83.9 Å². The summed E-state index contributed by atoms with van der Waals surface area (Å²) < 4.78 is 5.02. The van der Waals surface area contributed by atoms with Gasteiger partial charge in [-0.15, -0.1) is 0 Å². The molecule has 1 atom stereocenters. The third-order valence-corrected chi connectivity index (χ3v) is 2.31. The number of hydrogen-bond donors (Lipinski definition) is 1. The standard InChI is InChI=1S/C11H17NO5/c1-11(2,3)6-17-9(14)8-4-7(13)5-12(8)10(15)16/h8H,4-6H2,1-3H3,(H,15,16). The van der Waals surface area contributed by atoms with Crippen LogP contribution < -0.4 is 0 Å². The Labute approximate surface area is 99.5 Å². The number of carbonyl (C=O) groups is 3. The minimum atomic E-state index is -1.27. The van der Waals surface area contributed by atoms with Gasteiger partial charge in [0.1, 0.15) is 6.04 Å². The zero-order chi connectivity index (χ0) is 13.2. The van der Waals surface area contributed by atoms with Crippen molar-refractivity contribution in [1.82, 2.24) is 4.90 Å². The maximum absolute atomic E-state index is 11.7. The second-order valence-corrected chi connectivity index (χ2v) is 5.34. The van der Waals surface area contributed by atoms with Crippen LogP contribution >= 0.6 is 0 Å². The molecule has 0 aromatic rings. The second-order valence-electron chi connectivity index (χ2n) is 5.34. The first kappa shape index (κ1) is 13.5. The number of likely N-dealkylation sites (tertiary alicyclic amines) is 1. The number of carboxylic acid groups (broad SMARTS) is 1. The van der Waals surface area contributed by atoms with Gasteiger partial charge in [-0.3, -0.25) is 9.69 Å². The molecule has 6 heteroatoms. The zero-order valence-electron chi connectivity index (χ0n) is 10.2. The number of ether oxygens (including phenoxy) is 1. The molecule has 1 fully saturated rings. The van der Waals surface area contributed by atoms with Gasteiger partial charge in [-0.25, -0.2) is 9.59 Å². The average Bonchev–Trinajstić information content (AvgIpc) is 2.55. The minimum Gasteiger partial charge on any atom is -0.465 e. The van der Waals surface area contributed by atoms with Gasteiger partial charge in [-0.1, -0.05) is 20.8 Å². The Hall–Kier alpha value is -1.59. The monoisotopic (exact) mass is 243 g/mol. The number of rotatable bonds is 2. The van der Waals surface area contributed by atoms with Crippen molar-refractivity contribution in [2.24, 2.45) is 5.41 Å². The highest BCUT2D eigenvalue weighted by Gasteiger charge is 2.40. The van der Waals surface area contributed by atoms with E-state index < -0.39 is 18.1 Å². The van der Waals surface area contributed by atoms with Crippen LogP contribution in [-0.2, 0) is 14.3 Å². The van der Waals surface area contributed by atoms with Crippen LogP contribution in [0, 0.1) is 5.41 Å². The van der Waals surface area contributed by atoms with E-state index in [-0.39, 0.29) is 30.8 Å². The van der Waals surface area contributed by atoms with E-state index in [2.05, 4.69) is 0 Å². The molecule has 1 aliphatic heterocycles. The van der Waals surface area contributed by atoms with Crippen LogP contribution in [0.25, 0.3) is 0 Å². The molecule has 1 unspecified atom stereocenters. The summed E-state index contributed by atoms with van der Waals surface area (Å²) in [6, 6.07) is -0.984. The quantitative estimate of drug-likeness (QED) is 0.728. The SMILES string of the molecule is CC(C)(C)COC(=O)C1CC(=O)CN1C(=O)O. The van der Waals surface area contributed by atoms with Gasteiger partial charge in [0.2, 0.25) is 0 Å². The van der Waals surface area contributed by atoms with E-state index in [0.29, 0.717) is 0 Å². The molecule has 0 aromatic heterocycles. The number of nitrogens with zero attached hydrogens (tertiary/aromatic N) is 1. The van der Waals surface area contributed by atoms with Gasteiger partial charge in [0.15, 0.2) is 5.78 Å². The Bertz CT molecular complexity index is 344. The lowest BCUT2D eigenvalue weighted by Gasteiger charge is -2.22. The fourth-order valence-corrected chi connectivity index (χ4v) is 1.49. The number of ketones is 1. The van der Waals surface area contributed by atoms with Gasteiger partial charge >= 0.3 is 12.1 Å². The number of carbonyl (C=O) groups excluding carboxylic acids is 2. The van der Waals surface area contributed by atoms with Crippen molar-refractivity contribution in [2.75, 3.05) is 13.2 Å². The molecule has 0 aromatic carbocycles. The molecule has 0 bridgehead atoms. The van der Waals surface area contributed by atoms with Gasteiger partial charge < -0.3 is 9.84 Å². The highest BCUT2D eigenvalue weighted by atomic mass is 16.5. The molecule has 1 N–H and O–H groups in total. The van der Waals surface area contributed by atoms with Crippen molar-refractivity contribution >= 4 is 17.8 Å². The van der Waals surface area contributed by atoms with Gasteiger partial charge in [0, 0.05) is 6.42 Å². The summed E-state index contributed by atoms with van der Waals surface area (Å²) in [5, 5.41) is 8.84. The normalized spacial score (nSPS) is 20.5. The average molecular weight is 243 g/mol. The van der Waals surface area contributed by atoms with Crippen LogP contribution in [0.2, 0.25) is 0 Å². The summed E-state index contributed by atoms with van der Waals surface area (Å²) >= 11 is 0. The lowest BCUT2D eigenvalue weighted by Crippen LogP contribution is -2.41. The molecule has 0 radical (unpaired) electrons. The predicted molar refractivity (Wildman–Crippen MR) is 58.6 cm³/mol. The second kappa shape index (κ2) is 4.73. The van der Waals surface area contributed by atoms with E-state index in [1.54, 1.807) is 0 Å². The number of amides is 1. The summed E-state index contributed by atoms with van der Waals surface area (Å²) in [5.41, 5.74) is -0.188. The molecular weight excluding hydrogens is 226 g/mol. The maximum Gasteiger partial charge on any atom is 0.408 e. The Balaban J connectivity index is 2.62. The van der Waals surface area contributed by atoms with Crippen molar-refractivity contribution in [3.05, 3.63) is 0 Å². The molecule has 1 rings (SSSR count). The van der Waals surface area contributed by atoms with Crippen molar-refractivity contribution in [3.63, 3.8) is 0 Å². The first-order valence-electron chi connectivity index (χ1n) is 5.38. The number of Topliss-reactive ketones (excluding diaryl/α,β-unsaturated/α-hetero) is 1. The van der Waals surface area contributed by atoms with Gasteiger partial charge in [0.05, 0.1) is 13.2 Å². The van der Waals surface area contributed by atoms with Crippen LogP contribution in [0.3, 0.4) is 0 Å². The largest absolute Gasteiger partial charge is 0.465 e. The van der Waals surface area contributed by atoms with Crippen LogP contribution in [0.4, 0.5) is 4.79 Å². The summed E-state index contributed by atoms with van der Waals surface area (Å²) in [6.07, 6.45) is -1.36. The molecule has 1 amide bonds. The highest BCUT2D eigenvalue weighted by Crippen LogP contribution is 2.18. The highest BCUT2D eigenvalue weighted by molar-refractivity contribution is 5.95. The lowest BCUT2D eigenvalue weighted by molar-refractivity contribution is -0.151. The molecule has 0 saturated carbocycles. The third kappa shape index (κ3) is 3.72. The fraction of sp³-hybridized carbons (Fsp3) is 0.727. The Morgan fingerprint density at radius 2 is 2.06 bits per heavy atom. The van der Waals surface area contributed by atoms with E-state index in [4.69, 9.17) is 9.84 Å². The van der Waals surface area contributed by atoms with Crippen LogP contribution in [0.5, 0.6) is 0 Å². The van der Waals surface area contributed by atoms with E-state index >= 15 is 0 Å². The van der Waals surface area contributed by atoms with Crippen molar-refractivity contribution in [1.29, 1.82) is 0 Å². The van der Waals surface area contributed by atoms with Gasteiger partial charge in [0.25, 0.3) is 0 Å². The van der Waals surface area contributed by atoms with Crippen LogP contribution in [-0.4, -0.2) is 47.0 Å². The van der Waals surface area contributed by atoms with E-state index in [1.807, 2.05) is 20.8 Å². The summed E-state index contributed by atoms with van der Waals surface area (Å²) in [6.45, 7) is 5.66. The molecule has 1 saturated heterocycles. The molecule has 17 heavy (non-hydrogen) atoms. The van der Waals surface area contributed by atoms with E-state index in [9.17, 15) is 14.4 Å². The zero-order valence-corrected chi connectivity index (χ0v) is 10.2. The third-order valence-electron chi connectivity index (χ3n) is 2.31. The van der Waals surface area contributed by atoms with E-state index in [1.165, 1.54) is 0 Å². The minimum absolute atomic E-state index is 0.0880. The molecule has 1 aliphatic rings. The summed E-state index contributed by atoms with van der Waals surface area (Å²) in [7, 11) is 0. The van der Waals surface area contributed by atoms with Gasteiger partial charge in [-0.05, 0) is 5.41 Å². The Morgan fingerprint density at radius 1 is 1.47 bits per heavy atom. The predicted octanol–water partition coefficient (Wildman–Crippen LogP) is 0.897. The maximum atomic E-state index is 11.7. The molecule has 96 valence electrons. The molecular formula is C11H17NO5. The van der Waals surface area contributed by atoms with Crippen LogP contribution in [0.1, 0.15) is 27.2 Å². The molecule has 0 spiro atoms. The van der Waals surface area contributed by atoms with Crippen LogP contribution in [0.15, 0.2) is 0 Å². The summed E-state index contributed by atoms with van der Waals surface area (Å²) in [4.78, 5) is 34.5. The lowest BCUT2D eigenvalue weighted by atomic mass is 9.99. The van der Waals surface area contributed by atoms with Crippen molar-refractivity contribution < 1.29 is 24.2 Å². The number of esters is 1. The first-order chi connectivity index (χ1) is 7.70. The first-order valence-corrected chi connectivity index (χ1v) is 5.38. The molecule has 1 heterocycles.